The fourth-order valence-corrected chi connectivity index (χ4v) is 6.57. The summed E-state index contributed by atoms with van der Waals surface area (Å²) in [4.78, 5) is 4.66. The van der Waals surface area contributed by atoms with Crippen molar-refractivity contribution in [2.45, 2.75) is 46.7 Å². The zero-order valence-electron chi connectivity index (χ0n) is 26.6. The number of nitrogens with zero attached hydrogens (tertiary/aromatic N) is 4. The summed E-state index contributed by atoms with van der Waals surface area (Å²) in [6, 6.07) is 31.3. The highest BCUT2D eigenvalue weighted by atomic mass is 19.4. The largest absolute Gasteiger partial charge is 0.457 e. The van der Waals surface area contributed by atoms with E-state index in [0.717, 1.165) is 55.6 Å². The first kappa shape index (κ1) is 30.3. The molecule has 0 spiro atoms. The van der Waals surface area contributed by atoms with Gasteiger partial charge in [0, 0.05) is 34.7 Å². The first-order chi connectivity index (χ1) is 22.6. The first-order valence-corrected chi connectivity index (χ1v) is 15.6. The SMILES string of the molecule is CCc1c(-c2c(C)cccc2C)c(CC(F)(F)F)nn1-c1cccc(Oc2ccc3c4ccccc4n(-c4cc(C)ccn4)c3c2)c1. The highest BCUT2D eigenvalue weighted by Crippen LogP contribution is 2.39. The van der Waals surface area contributed by atoms with Crippen LogP contribution in [0.25, 0.3) is 44.4 Å². The van der Waals surface area contributed by atoms with E-state index in [-0.39, 0.29) is 5.69 Å². The molecule has 3 heterocycles. The van der Waals surface area contributed by atoms with Crippen LogP contribution in [0.3, 0.4) is 0 Å². The summed E-state index contributed by atoms with van der Waals surface area (Å²) in [5.41, 5.74) is 7.63. The molecule has 4 aromatic carbocycles. The zero-order chi connectivity index (χ0) is 32.9. The number of halogens is 3. The quantitative estimate of drug-likeness (QED) is 0.176. The van der Waals surface area contributed by atoms with Gasteiger partial charge in [0.25, 0.3) is 0 Å². The van der Waals surface area contributed by atoms with Gasteiger partial charge >= 0.3 is 6.18 Å². The predicted molar refractivity (Wildman–Crippen MR) is 181 cm³/mol. The van der Waals surface area contributed by atoms with Crippen molar-refractivity contribution < 1.29 is 17.9 Å². The minimum Gasteiger partial charge on any atom is -0.457 e. The molecule has 236 valence electrons. The number of alkyl halides is 3. The fraction of sp³-hybridized carbons (Fsp3) is 0.179. The van der Waals surface area contributed by atoms with E-state index in [0.29, 0.717) is 29.2 Å². The smallest absolute Gasteiger partial charge is 0.394 e. The third kappa shape index (κ3) is 5.65. The van der Waals surface area contributed by atoms with Crippen LogP contribution in [0.2, 0.25) is 0 Å². The number of aromatic nitrogens is 4. The second-order valence-corrected chi connectivity index (χ2v) is 11.9. The second-order valence-electron chi connectivity index (χ2n) is 11.9. The molecule has 0 saturated carbocycles. The Morgan fingerprint density at radius 2 is 1.45 bits per heavy atom. The topological polar surface area (TPSA) is 44.9 Å². The van der Waals surface area contributed by atoms with Gasteiger partial charge in [-0.15, -0.1) is 0 Å². The molecule has 5 nitrogen and oxygen atoms in total. The average molecular weight is 631 g/mol. The summed E-state index contributed by atoms with van der Waals surface area (Å²) in [6.07, 6.45) is -3.22. The Hall–Kier alpha value is -5.37. The number of hydrogen-bond donors (Lipinski definition) is 0. The minimum atomic E-state index is -4.41. The van der Waals surface area contributed by atoms with Gasteiger partial charge in [-0.2, -0.15) is 18.3 Å². The summed E-state index contributed by atoms with van der Waals surface area (Å²) >= 11 is 0. The zero-order valence-corrected chi connectivity index (χ0v) is 26.6. The normalized spacial score (nSPS) is 11.9. The molecule has 0 aliphatic heterocycles. The van der Waals surface area contributed by atoms with Crippen LogP contribution >= 0.6 is 0 Å². The van der Waals surface area contributed by atoms with E-state index in [1.54, 1.807) is 4.68 Å². The lowest BCUT2D eigenvalue weighted by Gasteiger charge is -2.14. The lowest BCUT2D eigenvalue weighted by molar-refractivity contribution is -0.127. The van der Waals surface area contributed by atoms with Gasteiger partial charge in [0.1, 0.15) is 17.3 Å². The molecule has 3 aromatic heterocycles. The molecule has 0 fully saturated rings. The van der Waals surface area contributed by atoms with Crippen LogP contribution in [0.4, 0.5) is 13.2 Å². The molecule has 0 saturated heterocycles. The molecule has 0 amide bonds. The second kappa shape index (κ2) is 11.8. The maximum absolute atomic E-state index is 13.9. The monoisotopic (exact) mass is 630 g/mol. The standard InChI is InChI=1S/C39H33F3N4O/c1-5-33-38(37-25(3)10-8-11-26(37)4)32(23-39(40,41)42)44-46(33)27-12-9-13-28(21-27)47-29-16-17-31-30-14-6-7-15-34(30)45(35(31)22-29)36-20-24(2)18-19-43-36/h6-22H,5,23H2,1-4H3. The average Bonchev–Trinajstić information content (AvgIpc) is 3.55. The first-order valence-electron chi connectivity index (χ1n) is 15.6. The van der Waals surface area contributed by atoms with E-state index in [4.69, 9.17) is 4.74 Å². The summed E-state index contributed by atoms with van der Waals surface area (Å²) in [7, 11) is 0. The lowest BCUT2D eigenvalue weighted by atomic mass is 9.92. The summed E-state index contributed by atoms with van der Waals surface area (Å²) < 4.78 is 51.7. The van der Waals surface area contributed by atoms with Crippen LogP contribution in [0.5, 0.6) is 11.5 Å². The van der Waals surface area contributed by atoms with E-state index in [2.05, 4.69) is 32.8 Å². The van der Waals surface area contributed by atoms with Crippen molar-refractivity contribution in [1.82, 2.24) is 19.3 Å². The van der Waals surface area contributed by atoms with Crippen LogP contribution < -0.4 is 4.74 Å². The number of pyridine rings is 1. The number of benzene rings is 4. The molecule has 0 radical (unpaired) electrons. The van der Waals surface area contributed by atoms with Gasteiger partial charge in [0.05, 0.1) is 34.5 Å². The van der Waals surface area contributed by atoms with Gasteiger partial charge in [-0.05, 0) is 91.9 Å². The maximum atomic E-state index is 13.9. The predicted octanol–water partition coefficient (Wildman–Crippen LogP) is 10.4. The molecule has 0 N–H and O–H groups in total. The molecule has 0 atom stereocenters. The molecule has 0 bridgehead atoms. The van der Waals surface area contributed by atoms with Gasteiger partial charge in [-0.25, -0.2) is 9.67 Å². The fourth-order valence-electron chi connectivity index (χ4n) is 6.57. The number of aryl methyl sites for hydroxylation is 3. The van der Waals surface area contributed by atoms with Crippen LogP contribution in [0.15, 0.2) is 103 Å². The number of rotatable bonds is 7. The van der Waals surface area contributed by atoms with Gasteiger partial charge in [-0.3, -0.25) is 4.57 Å². The van der Waals surface area contributed by atoms with Crippen molar-refractivity contribution >= 4 is 21.8 Å². The molecule has 0 aliphatic rings. The Labute approximate surface area is 270 Å². The Kier molecular flexibility index (Phi) is 7.59. The van der Waals surface area contributed by atoms with Crippen LogP contribution in [0, 0.1) is 20.8 Å². The molecule has 7 aromatic rings. The van der Waals surface area contributed by atoms with Crippen LogP contribution in [0.1, 0.15) is 35.0 Å². The van der Waals surface area contributed by atoms with Crippen molar-refractivity contribution in [2.24, 2.45) is 0 Å². The maximum Gasteiger partial charge on any atom is 0.394 e. The summed E-state index contributed by atoms with van der Waals surface area (Å²) in [6.45, 7) is 7.84. The Bertz CT molecular complexity index is 2260. The molecule has 7 rings (SSSR count). The van der Waals surface area contributed by atoms with E-state index in [1.165, 1.54) is 0 Å². The molecule has 8 heteroatoms. The third-order valence-corrected chi connectivity index (χ3v) is 8.56. The molecule has 47 heavy (non-hydrogen) atoms. The van der Waals surface area contributed by atoms with Gasteiger partial charge < -0.3 is 4.74 Å². The Morgan fingerprint density at radius 3 is 2.19 bits per heavy atom. The molecular formula is C39H33F3N4O. The summed E-state index contributed by atoms with van der Waals surface area (Å²) in [5.74, 6) is 1.98. The lowest BCUT2D eigenvalue weighted by Crippen LogP contribution is -2.13. The van der Waals surface area contributed by atoms with Crippen LogP contribution in [-0.2, 0) is 12.8 Å². The van der Waals surface area contributed by atoms with Crippen molar-refractivity contribution in [3.8, 4) is 34.1 Å². The molecule has 0 aliphatic carbocycles. The van der Waals surface area contributed by atoms with Gasteiger partial charge in [0.2, 0.25) is 0 Å². The number of hydrogen-bond acceptors (Lipinski definition) is 3. The van der Waals surface area contributed by atoms with E-state index in [1.807, 2.05) is 113 Å². The van der Waals surface area contributed by atoms with Crippen LogP contribution in [-0.4, -0.2) is 25.5 Å². The van der Waals surface area contributed by atoms with Gasteiger partial charge in [-0.1, -0.05) is 49.4 Å². The van der Waals surface area contributed by atoms with E-state index >= 15 is 0 Å². The number of ether oxygens (including phenoxy) is 1. The van der Waals surface area contributed by atoms with Gasteiger partial charge in [0.15, 0.2) is 0 Å². The number of fused-ring (bicyclic) bond motifs is 3. The molecular weight excluding hydrogens is 597 g/mol. The van der Waals surface area contributed by atoms with E-state index < -0.39 is 12.6 Å². The number of para-hydroxylation sites is 1. The Morgan fingerprint density at radius 1 is 0.723 bits per heavy atom. The Balaban J connectivity index is 1.32. The minimum absolute atomic E-state index is 0.0149. The summed E-state index contributed by atoms with van der Waals surface area (Å²) in [5, 5.41) is 6.78. The molecule has 0 unspecified atom stereocenters. The highest BCUT2D eigenvalue weighted by Gasteiger charge is 2.33. The van der Waals surface area contributed by atoms with Crippen molar-refractivity contribution in [1.29, 1.82) is 0 Å². The van der Waals surface area contributed by atoms with Crippen molar-refractivity contribution in [3.05, 3.63) is 131 Å². The highest BCUT2D eigenvalue weighted by molar-refractivity contribution is 6.09. The van der Waals surface area contributed by atoms with E-state index in [9.17, 15) is 13.2 Å². The van der Waals surface area contributed by atoms with Crippen molar-refractivity contribution in [2.75, 3.05) is 0 Å². The van der Waals surface area contributed by atoms with Crippen molar-refractivity contribution in [3.63, 3.8) is 0 Å². The third-order valence-electron chi connectivity index (χ3n) is 8.56.